The highest BCUT2D eigenvalue weighted by Gasteiger charge is 2.34. The first kappa shape index (κ1) is 12.3. The molecule has 0 aromatic heterocycles. The number of likely N-dealkylation sites (tertiary alicyclic amines) is 1. The van der Waals surface area contributed by atoms with Gasteiger partial charge in [-0.3, -0.25) is 4.90 Å². The predicted octanol–water partition coefficient (Wildman–Crippen LogP) is 1.19. The molecule has 1 saturated carbocycles. The lowest BCUT2D eigenvalue weighted by molar-refractivity contribution is 0.313. The second-order valence-electron chi connectivity index (χ2n) is 5.51. The summed E-state index contributed by atoms with van der Waals surface area (Å²) in [5.74, 6) is 0.681. The Morgan fingerprint density at radius 2 is 2.19 bits per heavy atom. The lowest BCUT2D eigenvalue weighted by Crippen LogP contribution is -2.38. The van der Waals surface area contributed by atoms with Gasteiger partial charge in [0.15, 0.2) is 0 Å². The summed E-state index contributed by atoms with van der Waals surface area (Å²) in [4.78, 5) is 2.66. The Labute approximate surface area is 99.8 Å². The predicted molar refractivity (Wildman–Crippen MR) is 68.5 cm³/mol. The third kappa shape index (κ3) is 3.44. The lowest BCUT2D eigenvalue weighted by Gasteiger charge is -2.19. The van der Waals surface area contributed by atoms with Crippen LogP contribution in [-0.2, 0) is 0 Å². The van der Waals surface area contributed by atoms with Crippen molar-refractivity contribution in [1.82, 2.24) is 10.2 Å². The standard InChI is InChI=1S/C13H27N3/c1-2-3-11(8-14)9-15-12-6-7-16(10-12)13-4-5-13/h11-13,15H,2-10,14H2,1H3. The second kappa shape index (κ2) is 5.99. The molecule has 0 aromatic carbocycles. The summed E-state index contributed by atoms with van der Waals surface area (Å²) in [7, 11) is 0. The number of nitrogens with zero attached hydrogens (tertiary/aromatic N) is 1. The van der Waals surface area contributed by atoms with Gasteiger partial charge in [-0.15, -0.1) is 0 Å². The van der Waals surface area contributed by atoms with E-state index in [9.17, 15) is 0 Å². The van der Waals surface area contributed by atoms with Crippen LogP contribution in [0.4, 0.5) is 0 Å². The van der Waals surface area contributed by atoms with Crippen LogP contribution in [0.3, 0.4) is 0 Å². The van der Waals surface area contributed by atoms with Crippen LogP contribution in [0.2, 0.25) is 0 Å². The van der Waals surface area contributed by atoms with Crippen molar-refractivity contribution in [2.75, 3.05) is 26.2 Å². The summed E-state index contributed by atoms with van der Waals surface area (Å²) < 4.78 is 0. The molecule has 1 aliphatic heterocycles. The van der Waals surface area contributed by atoms with E-state index in [2.05, 4.69) is 17.1 Å². The van der Waals surface area contributed by atoms with Gasteiger partial charge < -0.3 is 11.1 Å². The van der Waals surface area contributed by atoms with Gasteiger partial charge in [0.05, 0.1) is 0 Å². The van der Waals surface area contributed by atoms with Crippen molar-refractivity contribution in [2.45, 2.75) is 51.1 Å². The van der Waals surface area contributed by atoms with E-state index < -0.39 is 0 Å². The summed E-state index contributed by atoms with van der Waals surface area (Å²) in [6.07, 6.45) is 6.73. The molecule has 1 saturated heterocycles. The van der Waals surface area contributed by atoms with Crippen molar-refractivity contribution in [2.24, 2.45) is 11.7 Å². The average molecular weight is 225 g/mol. The third-order valence-electron chi connectivity index (χ3n) is 4.01. The molecule has 0 amide bonds. The number of rotatable bonds is 7. The Kier molecular flexibility index (Phi) is 4.62. The Morgan fingerprint density at radius 1 is 1.38 bits per heavy atom. The fraction of sp³-hybridized carbons (Fsp3) is 1.00. The molecule has 0 spiro atoms. The van der Waals surface area contributed by atoms with Gasteiger partial charge in [0.25, 0.3) is 0 Å². The number of hydrogen-bond donors (Lipinski definition) is 2. The first-order valence-corrected chi connectivity index (χ1v) is 7.01. The first-order valence-electron chi connectivity index (χ1n) is 7.01. The average Bonchev–Trinajstić information content (AvgIpc) is 3.04. The molecule has 0 radical (unpaired) electrons. The van der Waals surface area contributed by atoms with Crippen molar-refractivity contribution in [1.29, 1.82) is 0 Å². The fourth-order valence-electron chi connectivity index (χ4n) is 2.77. The molecule has 2 atom stereocenters. The molecule has 3 heteroatoms. The zero-order chi connectivity index (χ0) is 11.4. The molecule has 3 N–H and O–H groups in total. The molecule has 1 heterocycles. The topological polar surface area (TPSA) is 41.3 Å². The van der Waals surface area contributed by atoms with Crippen LogP contribution in [0.5, 0.6) is 0 Å². The maximum atomic E-state index is 5.78. The minimum atomic E-state index is 0.681. The molecule has 16 heavy (non-hydrogen) atoms. The second-order valence-corrected chi connectivity index (χ2v) is 5.51. The monoisotopic (exact) mass is 225 g/mol. The molecular formula is C13H27N3. The summed E-state index contributed by atoms with van der Waals surface area (Å²) in [6, 6.07) is 1.67. The van der Waals surface area contributed by atoms with Gasteiger partial charge in [-0.1, -0.05) is 13.3 Å². The zero-order valence-electron chi connectivity index (χ0n) is 10.6. The summed E-state index contributed by atoms with van der Waals surface area (Å²) >= 11 is 0. The van der Waals surface area contributed by atoms with Crippen molar-refractivity contribution in [3.8, 4) is 0 Å². The van der Waals surface area contributed by atoms with Crippen molar-refractivity contribution >= 4 is 0 Å². The summed E-state index contributed by atoms with van der Waals surface area (Å²) in [6.45, 7) is 6.78. The van der Waals surface area contributed by atoms with E-state index >= 15 is 0 Å². The molecule has 3 nitrogen and oxygen atoms in total. The highest BCUT2D eigenvalue weighted by Crippen LogP contribution is 2.29. The fourth-order valence-corrected chi connectivity index (χ4v) is 2.77. The molecule has 2 fully saturated rings. The highest BCUT2D eigenvalue weighted by atomic mass is 15.2. The van der Waals surface area contributed by atoms with Crippen LogP contribution in [-0.4, -0.2) is 43.2 Å². The van der Waals surface area contributed by atoms with Gasteiger partial charge in [0, 0.05) is 25.2 Å². The molecule has 1 aliphatic carbocycles. The maximum absolute atomic E-state index is 5.78. The van der Waals surface area contributed by atoms with E-state index in [1.54, 1.807) is 0 Å². The maximum Gasteiger partial charge on any atom is 0.0207 e. The van der Waals surface area contributed by atoms with Crippen molar-refractivity contribution in [3.05, 3.63) is 0 Å². The Balaban J connectivity index is 1.62. The summed E-state index contributed by atoms with van der Waals surface area (Å²) in [5.41, 5.74) is 5.78. The Hall–Kier alpha value is -0.120. The van der Waals surface area contributed by atoms with E-state index in [0.29, 0.717) is 5.92 Å². The smallest absolute Gasteiger partial charge is 0.0207 e. The van der Waals surface area contributed by atoms with Crippen LogP contribution < -0.4 is 11.1 Å². The Morgan fingerprint density at radius 3 is 2.81 bits per heavy atom. The van der Waals surface area contributed by atoms with E-state index in [4.69, 9.17) is 5.73 Å². The van der Waals surface area contributed by atoms with Gasteiger partial charge in [-0.05, 0) is 44.7 Å². The zero-order valence-corrected chi connectivity index (χ0v) is 10.6. The lowest BCUT2D eigenvalue weighted by atomic mass is 10.0. The largest absolute Gasteiger partial charge is 0.330 e. The van der Waals surface area contributed by atoms with E-state index in [1.165, 1.54) is 45.2 Å². The molecule has 2 aliphatic rings. The molecule has 94 valence electrons. The van der Waals surface area contributed by atoms with Crippen LogP contribution >= 0.6 is 0 Å². The van der Waals surface area contributed by atoms with Crippen molar-refractivity contribution in [3.63, 3.8) is 0 Å². The Bertz CT molecular complexity index is 203. The van der Waals surface area contributed by atoms with Crippen molar-refractivity contribution < 1.29 is 0 Å². The van der Waals surface area contributed by atoms with Gasteiger partial charge in [0.1, 0.15) is 0 Å². The molecule has 0 aromatic rings. The highest BCUT2D eigenvalue weighted by molar-refractivity contribution is 4.91. The van der Waals surface area contributed by atoms with Crippen LogP contribution in [0, 0.1) is 5.92 Å². The minimum Gasteiger partial charge on any atom is -0.330 e. The van der Waals surface area contributed by atoms with Gasteiger partial charge in [-0.2, -0.15) is 0 Å². The SMILES string of the molecule is CCCC(CN)CNC1CCN(C2CC2)C1. The number of nitrogens with two attached hydrogens (primary N) is 1. The van der Waals surface area contributed by atoms with E-state index in [0.717, 1.165) is 25.2 Å². The van der Waals surface area contributed by atoms with Gasteiger partial charge in [-0.25, -0.2) is 0 Å². The van der Waals surface area contributed by atoms with E-state index in [1.807, 2.05) is 0 Å². The van der Waals surface area contributed by atoms with Gasteiger partial charge in [0.2, 0.25) is 0 Å². The quantitative estimate of drug-likeness (QED) is 0.684. The molecule has 0 bridgehead atoms. The molecular weight excluding hydrogens is 198 g/mol. The molecule has 2 unspecified atom stereocenters. The van der Waals surface area contributed by atoms with Crippen LogP contribution in [0.15, 0.2) is 0 Å². The van der Waals surface area contributed by atoms with Crippen LogP contribution in [0.1, 0.15) is 39.0 Å². The third-order valence-corrected chi connectivity index (χ3v) is 4.01. The van der Waals surface area contributed by atoms with Crippen LogP contribution in [0.25, 0.3) is 0 Å². The normalized spacial score (nSPS) is 28.5. The molecule has 2 rings (SSSR count). The summed E-state index contributed by atoms with van der Waals surface area (Å²) in [5, 5.41) is 3.71. The minimum absolute atomic E-state index is 0.681. The van der Waals surface area contributed by atoms with Gasteiger partial charge >= 0.3 is 0 Å². The number of nitrogens with one attached hydrogen (secondary N) is 1. The first-order chi connectivity index (χ1) is 7.83. The number of hydrogen-bond acceptors (Lipinski definition) is 3. The van der Waals surface area contributed by atoms with E-state index in [-0.39, 0.29) is 0 Å².